The van der Waals surface area contributed by atoms with Gasteiger partial charge in [-0.25, -0.2) is 9.18 Å². The fourth-order valence-electron chi connectivity index (χ4n) is 1.69. The van der Waals surface area contributed by atoms with Crippen LogP contribution in [0.5, 0.6) is 0 Å². The Bertz CT molecular complexity index is 661. The van der Waals surface area contributed by atoms with Crippen LogP contribution in [0.4, 0.5) is 4.39 Å². The molecule has 0 bridgehead atoms. The molecule has 0 unspecified atom stereocenters. The number of aryl methyl sites for hydroxylation is 1. The lowest BCUT2D eigenvalue weighted by Gasteiger charge is -2.05. The number of benzene rings is 1. The number of halogens is 1. The highest BCUT2D eigenvalue weighted by Gasteiger charge is 2.11. The smallest absolute Gasteiger partial charge is 0.337 e. The van der Waals surface area contributed by atoms with Crippen LogP contribution in [-0.2, 0) is 4.74 Å². The number of aromatic amines is 1. The SMILES string of the molecule is COC(=O)c1ccc2c(C)c(F)c(=O)[nH]c2c1. The van der Waals surface area contributed by atoms with E-state index in [1.807, 2.05) is 0 Å². The summed E-state index contributed by atoms with van der Waals surface area (Å²) in [5, 5.41) is 0.565. The van der Waals surface area contributed by atoms with Crippen molar-refractivity contribution in [3.8, 4) is 0 Å². The van der Waals surface area contributed by atoms with E-state index in [4.69, 9.17) is 0 Å². The minimum Gasteiger partial charge on any atom is -0.465 e. The summed E-state index contributed by atoms with van der Waals surface area (Å²) in [5.74, 6) is -1.31. The quantitative estimate of drug-likeness (QED) is 0.766. The number of carbonyl (C=O) groups excluding carboxylic acids is 1. The van der Waals surface area contributed by atoms with E-state index < -0.39 is 17.3 Å². The highest BCUT2D eigenvalue weighted by molar-refractivity contribution is 5.94. The zero-order valence-corrected chi connectivity index (χ0v) is 9.33. The molecular weight excluding hydrogens is 225 g/mol. The molecule has 17 heavy (non-hydrogen) atoms. The molecule has 0 atom stereocenters. The number of rotatable bonds is 1. The lowest BCUT2D eigenvalue weighted by molar-refractivity contribution is 0.0601. The lowest BCUT2D eigenvalue weighted by Crippen LogP contribution is -2.13. The van der Waals surface area contributed by atoms with Gasteiger partial charge in [-0.2, -0.15) is 0 Å². The van der Waals surface area contributed by atoms with Gasteiger partial charge < -0.3 is 9.72 Å². The number of ether oxygens (including phenoxy) is 1. The summed E-state index contributed by atoms with van der Waals surface area (Å²) >= 11 is 0. The molecule has 0 aliphatic rings. The predicted octanol–water partition coefficient (Wildman–Crippen LogP) is 1.76. The van der Waals surface area contributed by atoms with Crippen LogP contribution in [0.2, 0.25) is 0 Å². The Morgan fingerprint density at radius 1 is 1.41 bits per heavy atom. The third kappa shape index (κ3) is 1.80. The monoisotopic (exact) mass is 235 g/mol. The number of carbonyl (C=O) groups is 1. The molecule has 88 valence electrons. The Balaban J connectivity index is 2.75. The van der Waals surface area contributed by atoms with Crippen LogP contribution >= 0.6 is 0 Å². The molecule has 1 aromatic carbocycles. The molecule has 0 saturated carbocycles. The van der Waals surface area contributed by atoms with Crippen LogP contribution in [0.15, 0.2) is 23.0 Å². The third-order valence-electron chi connectivity index (χ3n) is 2.62. The molecule has 1 N–H and O–H groups in total. The average molecular weight is 235 g/mol. The number of hydrogen-bond acceptors (Lipinski definition) is 3. The van der Waals surface area contributed by atoms with E-state index >= 15 is 0 Å². The molecule has 0 amide bonds. The summed E-state index contributed by atoms with van der Waals surface area (Å²) < 4.78 is 17.9. The summed E-state index contributed by atoms with van der Waals surface area (Å²) in [6.45, 7) is 1.52. The van der Waals surface area contributed by atoms with Crippen LogP contribution in [0.1, 0.15) is 15.9 Å². The number of H-pyrrole nitrogens is 1. The minimum atomic E-state index is -0.802. The zero-order valence-electron chi connectivity index (χ0n) is 9.33. The maximum atomic E-state index is 13.4. The number of fused-ring (bicyclic) bond motifs is 1. The van der Waals surface area contributed by atoms with E-state index in [1.165, 1.54) is 26.2 Å². The van der Waals surface area contributed by atoms with Gasteiger partial charge in [0.05, 0.1) is 12.7 Å². The van der Waals surface area contributed by atoms with Crippen LogP contribution < -0.4 is 5.56 Å². The number of nitrogens with one attached hydrogen (secondary N) is 1. The van der Waals surface area contributed by atoms with Gasteiger partial charge >= 0.3 is 5.97 Å². The van der Waals surface area contributed by atoms with Crippen LogP contribution in [0.3, 0.4) is 0 Å². The van der Waals surface area contributed by atoms with Gasteiger partial charge in [0.2, 0.25) is 0 Å². The predicted molar refractivity (Wildman–Crippen MR) is 60.6 cm³/mol. The molecule has 4 nitrogen and oxygen atoms in total. The number of pyridine rings is 1. The second-order valence-electron chi connectivity index (χ2n) is 3.65. The largest absolute Gasteiger partial charge is 0.465 e. The fraction of sp³-hybridized carbons (Fsp3) is 0.167. The first kappa shape index (κ1) is 11.3. The van der Waals surface area contributed by atoms with Gasteiger partial charge in [0.15, 0.2) is 5.82 Å². The van der Waals surface area contributed by atoms with Crippen molar-refractivity contribution in [2.24, 2.45) is 0 Å². The van der Waals surface area contributed by atoms with Gasteiger partial charge in [-0.1, -0.05) is 6.07 Å². The van der Waals surface area contributed by atoms with E-state index in [0.29, 0.717) is 16.5 Å². The van der Waals surface area contributed by atoms with Crippen molar-refractivity contribution in [3.63, 3.8) is 0 Å². The van der Waals surface area contributed by atoms with Crippen molar-refractivity contribution in [3.05, 3.63) is 45.5 Å². The number of methoxy groups -OCH3 is 1. The molecule has 0 aliphatic carbocycles. The van der Waals surface area contributed by atoms with E-state index in [0.717, 1.165) is 0 Å². The Morgan fingerprint density at radius 3 is 2.76 bits per heavy atom. The molecular formula is C12H10FNO3. The Morgan fingerprint density at radius 2 is 2.12 bits per heavy atom. The number of aromatic nitrogens is 1. The van der Waals surface area contributed by atoms with Crippen molar-refractivity contribution in [2.75, 3.05) is 7.11 Å². The first-order valence-corrected chi connectivity index (χ1v) is 4.95. The Kier molecular flexibility index (Phi) is 2.67. The van der Waals surface area contributed by atoms with Gasteiger partial charge in [0, 0.05) is 10.9 Å². The van der Waals surface area contributed by atoms with Crippen molar-refractivity contribution < 1.29 is 13.9 Å². The molecule has 2 aromatic rings. The topological polar surface area (TPSA) is 59.2 Å². The lowest BCUT2D eigenvalue weighted by atomic mass is 10.1. The average Bonchev–Trinajstić information content (AvgIpc) is 2.34. The first-order chi connectivity index (χ1) is 8.04. The third-order valence-corrected chi connectivity index (χ3v) is 2.62. The van der Waals surface area contributed by atoms with Crippen molar-refractivity contribution in [1.29, 1.82) is 0 Å². The van der Waals surface area contributed by atoms with Crippen molar-refractivity contribution in [2.45, 2.75) is 6.92 Å². The first-order valence-electron chi connectivity index (χ1n) is 4.95. The molecule has 2 rings (SSSR count). The second kappa shape index (κ2) is 4.01. The second-order valence-corrected chi connectivity index (χ2v) is 3.65. The highest BCUT2D eigenvalue weighted by atomic mass is 19.1. The molecule has 0 saturated heterocycles. The maximum absolute atomic E-state index is 13.4. The molecule has 0 aliphatic heterocycles. The van der Waals surface area contributed by atoms with Crippen molar-refractivity contribution >= 4 is 16.9 Å². The Hall–Kier alpha value is -2.17. The number of esters is 1. The minimum absolute atomic E-state index is 0.264. The molecule has 1 heterocycles. The van der Waals surface area contributed by atoms with Gasteiger partial charge in [0.25, 0.3) is 5.56 Å². The summed E-state index contributed by atoms with van der Waals surface area (Å²) in [7, 11) is 1.27. The fourth-order valence-corrected chi connectivity index (χ4v) is 1.69. The van der Waals surface area contributed by atoms with Gasteiger partial charge in [-0.05, 0) is 24.6 Å². The number of hydrogen-bond donors (Lipinski definition) is 1. The standard InChI is InChI=1S/C12H10FNO3/c1-6-8-4-3-7(12(16)17-2)5-9(8)14-11(15)10(6)13/h3-5H,1-2H3,(H,14,15). The normalized spacial score (nSPS) is 10.5. The van der Waals surface area contributed by atoms with Crippen LogP contribution in [0, 0.1) is 12.7 Å². The molecule has 1 aromatic heterocycles. The van der Waals surface area contributed by atoms with Crippen LogP contribution in [-0.4, -0.2) is 18.1 Å². The van der Waals surface area contributed by atoms with Gasteiger partial charge in [-0.3, -0.25) is 4.79 Å². The van der Waals surface area contributed by atoms with E-state index in [1.54, 1.807) is 6.07 Å². The van der Waals surface area contributed by atoms with E-state index in [9.17, 15) is 14.0 Å². The molecule has 5 heteroatoms. The van der Waals surface area contributed by atoms with E-state index in [2.05, 4.69) is 9.72 Å². The molecule has 0 radical (unpaired) electrons. The maximum Gasteiger partial charge on any atom is 0.337 e. The molecule has 0 spiro atoms. The van der Waals surface area contributed by atoms with Gasteiger partial charge in [0.1, 0.15) is 0 Å². The summed E-state index contributed by atoms with van der Waals surface area (Å²) in [5.41, 5.74) is 0.190. The van der Waals surface area contributed by atoms with Crippen LogP contribution in [0.25, 0.3) is 10.9 Å². The zero-order chi connectivity index (χ0) is 12.6. The highest BCUT2D eigenvalue weighted by Crippen LogP contribution is 2.18. The summed E-state index contributed by atoms with van der Waals surface area (Å²) in [6, 6.07) is 4.57. The van der Waals surface area contributed by atoms with Gasteiger partial charge in [-0.15, -0.1) is 0 Å². The Labute approximate surface area is 96.0 Å². The summed E-state index contributed by atoms with van der Waals surface area (Å²) in [4.78, 5) is 24.9. The van der Waals surface area contributed by atoms with Crippen molar-refractivity contribution in [1.82, 2.24) is 4.98 Å². The van der Waals surface area contributed by atoms with E-state index in [-0.39, 0.29) is 5.56 Å². The summed E-state index contributed by atoms with van der Waals surface area (Å²) in [6.07, 6.45) is 0. The molecule has 0 fully saturated rings.